The van der Waals surface area contributed by atoms with E-state index in [9.17, 15) is 4.79 Å². The highest BCUT2D eigenvalue weighted by Crippen LogP contribution is 2.31. The SMILES string of the molecule is CSCCC(C)N1C(=O)C(C(C)C)NC1c1ccccc1. The Morgan fingerprint density at radius 3 is 2.48 bits per heavy atom. The van der Waals surface area contributed by atoms with E-state index in [1.54, 1.807) is 0 Å². The van der Waals surface area contributed by atoms with Gasteiger partial charge in [0.25, 0.3) is 0 Å². The maximum atomic E-state index is 12.8. The largest absolute Gasteiger partial charge is 0.319 e. The van der Waals surface area contributed by atoms with Crippen molar-refractivity contribution >= 4 is 17.7 Å². The number of thioether (sulfide) groups is 1. The van der Waals surface area contributed by atoms with Crippen LogP contribution in [-0.2, 0) is 4.79 Å². The Labute approximate surface area is 132 Å². The van der Waals surface area contributed by atoms with E-state index in [-0.39, 0.29) is 24.2 Å². The summed E-state index contributed by atoms with van der Waals surface area (Å²) < 4.78 is 0. The Balaban J connectivity index is 2.25. The summed E-state index contributed by atoms with van der Waals surface area (Å²) in [7, 11) is 0. The number of hydrogen-bond donors (Lipinski definition) is 1. The van der Waals surface area contributed by atoms with Crippen LogP contribution in [0.1, 0.15) is 38.9 Å². The summed E-state index contributed by atoms with van der Waals surface area (Å²) in [5, 5.41) is 3.53. The lowest BCUT2D eigenvalue weighted by Crippen LogP contribution is -2.39. The Hall–Kier alpha value is -1.00. The molecule has 1 aliphatic heterocycles. The molecule has 0 aromatic heterocycles. The monoisotopic (exact) mass is 306 g/mol. The number of nitrogens with zero attached hydrogens (tertiary/aromatic N) is 1. The van der Waals surface area contributed by atoms with Crippen molar-refractivity contribution in [3.05, 3.63) is 35.9 Å². The van der Waals surface area contributed by atoms with Crippen LogP contribution in [0.4, 0.5) is 0 Å². The van der Waals surface area contributed by atoms with Gasteiger partial charge in [-0.2, -0.15) is 11.8 Å². The van der Waals surface area contributed by atoms with Crippen molar-refractivity contribution in [2.24, 2.45) is 5.92 Å². The normalized spacial score (nSPS) is 23.9. The van der Waals surface area contributed by atoms with Gasteiger partial charge in [0.15, 0.2) is 0 Å². The second-order valence-electron chi connectivity index (χ2n) is 6.08. The second-order valence-corrected chi connectivity index (χ2v) is 7.06. The number of hydrogen-bond acceptors (Lipinski definition) is 3. The van der Waals surface area contributed by atoms with Gasteiger partial charge in [-0.25, -0.2) is 0 Å². The molecule has 1 aromatic rings. The summed E-state index contributed by atoms with van der Waals surface area (Å²) in [6.07, 6.45) is 3.15. The minimum Gasteiger partial charge on any atom is -0.319 e. The Morgan fingerprint density at radius 2 is 1.90 bits per heavy atom. The highest BCUT2D eigenvalue weighted by molar-refractivity contribution is 7.98. The lowest BCUT2D eigenvalue weighted by Gasteiger charge is -2.30. The van der Waals surface area contributed by atoms with Crippen molar-refractivity contribution < 1.29 is 4.79 Å². The first-order valence-corrected chi connectivity index (χ1v) is 9.07. The predicted molar refractivity (Wildman–Crippen MR) is 90.3 cm³/mol. The molecule has 3 atom stereocenters. The summed E-state index contributed by atoms with van der Waals surface area (Å²) in [5.74, 6) is 1.63. The third-order valence-electron chi connectivity index (χ3n) is 4.13. The molecule has 4 heteroatoms. The Bertz CT molecular complexity index is 463. The molecule has 21 heavy (non-hydrogen) atoms. The van der Waals surface area contributed by atoms with Gasteiger partial charge in [0.2, 0.25) is 5.91 Å². The number of benzene rings is 1. The first kappa shape index (κ1) is 16.4. The minimum atomic E-state index is -0.0769. The molecule has 1 aliphatic rings. The predicted octanol–water partition coefficient (Wildman–Crippen LogP) is 3.28. The third-order valence-corrected chi connectivity index (χ3v) is 4.78. The van der Waals surface area contributed by atoms with Crippen molar-refractivity contribution in [3.8, 4) is 0 Å². The van der Waals surface area contributed by atoms with Crippen molar-refractivity contribution in [1.82, 2.24) is 10.2 Å². The lowest BCUT2D eigenvalue weighted by atomic mass is 10.0. The van der Waals surface area contributed by atoms with Crippen LogP contribution < -0.4 is 5.32 Å². The first-order chi connectivity index (χ1) is 10.1. The molecule has 3 nitrogen and oxygen atoms in total. The molecule has 1 heterocycles. The molecule has 1 aromatic carbocycles. The molecule has 0 spiro atoms. The number of nitrogens with one attached hydrogen (secondary N) is 1. The molecule has 2 rings (SSSR count). The summed E-state index contributed by atoms with van der Waals surface area (Å²) in [5.41, 5.74) is 1.17. The molecule has 116 valence electrons. The fourth-order valence-corrected chi connectivity index (χ4v) is 3.46. The summed E-state index contributed by atoms with van der Waals surface area (Å²) in [4.78, 5) is 14.8. The van der Waals surface area contributed by atoms with E-state index < -0.39 is 0 Å². The quantitative estimate of drug-likeness (QED) is 0.875. The van der Waals surface area contributed by atoms with Gasteiger partial charge in [-0.05, 0) is 36.8 Å². The van der Waals surface area contributed by atoms with Crippen LogP contribution in [0.3, 0.4) is 0 Å². The van der Waals surface area contributed by atoms with E-state index in [1.165, 1.54) is 5.56 Å². The third kappa shape index (κ3) is 3.61. The van der Waals surface area contributed by atoms with E-state index in [0.717, 1.165) is 12.2 Å². The smallest absolute Gasteiger partial charge is 0.241 e. The van der Waals surface area contributed by atoms with Gasteiger partial charge in [-0.15, -0.1) is 0 Å². The highest BCUT2D eigenvalue weighted by Gasteiger charge is 2.42. The van der Waals surface area contributed by atoms with Gasteiger partial charge in [0.1, 0.15) is 6.17 Å². The zero-order chi connectivity index (χ0) is 15.4. The van der Waals surface area contributed by atoms with Crippen LogP contribution in [0.5, 0.6) is 0 Å². The molecule has 0 radical (unpaired) electrons. The van der Waals surface area contributed by atoms with E-state index in [0.29, 0.717) is 5.92 Å². The van der Waals surface area contributed by atoms with Crippen molar-refractivity contribution in [3.63, 3.8) is 0 Å². The molecule has 0 aliphatic carbocycles. The van der Waals surface area contributed by atoms with Crippen molar-refractivity contribution in [2.75, 3.05) is 12.0 Å². The molecular weight excluding hydrogens is 280 g/mol. The summed E-state index contributed by atoms with van der Waals surface area (Å²) in [6, 6.07) is 10.5. The maximum Gasteiger partial charge on any atom is 0.241 e. The molecule has 0 bridgehead atoms. The average molecular weight is 306 g/mol. The molecule has 1 amide bonds. The van der Waals surface area contributed by atoms with Gasteiger partial charge in [0.05, 0.1) is 6.04 Å². The lowest BCUT2D eigenvalue weighted by molar-refractivity contribution is -0.132. The van der Waals surface area contributed by atoms with E-state index in [1.807, 2.05) is 30.0 Å². The van der Waals surface area contributed by atoms with Crippen molar-refractivity contribution in [1.29, 1.82) is 0 Å². The molecule has 1 fully saturated rings. The van der Waals surface area contributed by atoms with Gasteiger partial charge in [-0.3, -0.25) is 10.1 Å². The van der Waals surface area contributed by atoms with Crippen LogP contribution >= 0.6 is 11.8 Å². The fraction of sp³-hybridized carbons (Fsp3) is 0.588. The van der Waals surface area contributed by atoms with Crippen LogP contribution in [0.15, 0.2) is 30.3 Å². The van der Waals surface area contributed by atoms with Gasteiger partial charge >= 0.3 is 0 Å². The van der Waals surface area contributed by atoms with Crippen molar-refractivity contribution in [2.45, 2.75) is 45.4 Å². The van der Waals surface area contributed by atoms with E-state index in [2.05, 4.69) is 49.4 Å². The number of amides is 1. The second kappa shape index (κ2) is 7.32. The standard InChI is InChI=1S/C17H26N2OS/c1-12(2)15-17(20)19(13(3)10-11-21-4)16(18-15)14-8-6-5-7-9-14/h5-9,12-13,15-16,18H,10-11H2,1-4H3. The summed E-state index contributed by atoms with van der Waals surface area (Å²) >= 11 is 1.84. The molecular formula is C17H26N2OS. The van der Waals surface area contributed by atoms with Crippen LogP contribution in [0, 0.1) is 5.92 Å². The maximum absolute atomic E-state index is 12.8. The van der Waals surface area contributed by atoms with Crippen LogP contribution in [0.2, 0.25) is 0 Å². The molecule has 0 saturated carbocycles. The number of carbonyl (C=O) groups excluding carboxylic acids is 1. The van der Waals surface area contributed by atoms with Gasteiger partial charge in [-0.1, -0.05) is 44.2 Å². The minimum absolute atomic E-state index is 0.00274. The topological polar surface area (TPSA) is 32.3 Å². The Kier molecular flexibility index (Phi) is 5.71. The van der Waals surface area contributed by atoms with E-state index >= 15 is 0 Å². The van der Waals surface area contributed by atoms with Gasteiger partial charge < -0.3 is 4.90 Å². The zero-order valence-electron chi connectivity index (χ0n) is 13.4. The van der Waals surface area contributed by atoms with Crippen LogP contribution in [-0.4, -0.2) is 34.9 Å². The number of carbonyl (C=O) groups is 1. The molecule has 1 saturated heterocycles. The summed E-state index contributed by atoms with van der Waals surface area (Å²) in [6.45, 7) is 6.37. The molecule has 3 unspecified atom stereocenters. The van der Waals surface area contributed by atoms with Crippen LogP contribution in [0.25, 0.3) is 0 Å². The first-order valence-electron chi connectivity index (χ1n) is 7.68. The number of rotatable bonds is 6. The fourth-order valence-electron chi connectivity index (χ4n) is 2.88. The van der Waals surface area contributed by atoms with Gasteiger partial charge in [0, 0.05) is 6.04 Å². The van der Waals surface area contributed by atoms with E-state index in [4.69, 9.17) is 0 Å². The molecule has 1 N–H and O–H groups in total. The highest BCUT2D eigenvalue weighted by atomic mass is 32.2. The zero-order valence-corrected chi connectivity index (χ0v) is 14.2. The average Bonchev–Trinajstić information content (AvgIpc) is 2.83. The Morgan fingerprint density at radius 1 is 1.24 bits per heavy atom.